The van der Waals surface area contributed by atoms with Gasteiger partial charge in [0.1, 0.15) is 11.5 Å². The Bertz CT molecular complexity index is 1080. The van der Waals surface area contributed by atoms with Crippen LogP contribution < -0.4 is 5.43 Å². The van der Waals surface area contributed by atoms with E-state index in [0.717, 1.165) is 16.3 Å². The number of fused-ring (bicyclic) bond motifs is 1. The number of hydrogen-bond donors (Lipinski definition) is 1. The molecule has 2 heterocycles. The van der Waals surface area contributed by atoms with Crippen LogP contribution in [0.25, 0.3) is 21.5 Å². The number of hydrogen-bond acceptors (Lipinski definition) is 5. The second-order valence-corrected chi connectivity index (χ2v) is 6.63. The molecule has 0 aliphatic heterocycles. The number of nitrogens with zero attached hydrogens (tertiary/aromatic N) is 2. The molecular formula is C19H12F3N3OS. The van der Waals surface area contributed by atoms with Crippen molar-refractivity contribution >= 4 is 32.9 Å². The summed E-state index contributed by atoms with van der Waals surface area (Å²) in [5.41, 5.74) is 2.92. The summed E-state index contributed by atoms with van der Waals surface area (Å²) in [5.74, 6) is 0.458. The van der Waals surface area contributed by atoms with Crippen LogP contribution in [0.15, 0.2) is 70.2 Å². The van der Waals surface area contributed by atoms with E-state index in [4.69, 9.17) is 4.42 Å². The van der Waals surface area contributed by atoms with Gasteiger partial charge in [0, 0.05) is 5.56 Å². The maximum atomic E-state index is 13.1. The number of hydrazone groups is 1. The fourth-order valence-corrected chi connectivity index (χ4v) is 3.40. The monoisotopic (exact) mass is 387 g/mol. The Balaban J connectivity index is 1.52. The van der Waals surface area contributed by atoms with E-state index in [1.165, 1.54) is 41.8 Å². The van der Waals surface area contributed by atoms with Gasteiger partial charge in [0.05, 0.1) is 22.0 Å². The molecule has 27 heavy (non-hydrogen) atoms. The number of aromatic nitrogens is 1. The predicted molar refractivity (Wildman–Crippen MR) is 100.0 cm³/mol. The SMILES string of the molecule is FC(F)(F)c1ccccc1-c1ccc(/C=N\Nc2nc3ccccc3s2)o1. The normalized spacial score (nSPS) is 12.1. The number of thiazole rings is 1. The highest BCUT2D eigenvalue weighted by Crippen LogP contribution is 2.37. The first-order valence-electron chi connectivity index (χ1n) is 7.92. The number of anilines is 1. The number of halogens is 3. The number of furan rings is 1. The van der Waals surface area contributed by atoms with Crippen molar-refractivity contribution in [1.82, 2.24) is 4.98 Å². The van der Waals surface area contributed by atoms with Crippen LogP contribution in [-0.4, -0.2) is 11.2 Å². The molecule has 0 atom stereocenters. The highest BCUT2D eigenvalue weighted by molar-refractivity contribution is 7.22. The quantitative estimate of drug-likeness (QED) is 0.344. The maximum absolute atomic E-state index is 13.1. The zero-order chi connectivity index (χ0) is 18.9. The van der Waals surface area contributed by atoms with Gasteiger partial charge < -0.3 is 4.42 Å². The van der Waals surface area contributed by atoms with Crippen LogP contribution in [0, 0.1) is 0 Å². The lowest BCUT2D eigenvalue weighted by Crippen LogP contribution is -2.06. The molecule has 136 valence electrons. The van der Waals surface area contributed by atoms with Crippen molar-refractivity contribution in [3.8, 4) is 11.3 Å². The topological polar surface area (TPSA) is 50.4 Å². The molecule has 0 radical (unpaired) electrons. The Labute approximate surface area is 156 Å². The molecule has 0 aliphatic carbocycles. The summed E-state index contributed by atoms with van der Waals surface area (Å²) in [6.45, 7) is 0. The van der Waals surface area contributed by atoms with Gasteiger partial charge in [0.25, 0.3) is 0 Å². The molecule has 0 amide bonds. The van der Waals surface area contributed by atoms with Gasteiger partial charge in [-0.05, 0) is 30.3 Å². The van der Waals surface area contributed by atoms with Crippen LogP contribution in [0.2, 0.25) is 0 Å². The van der Waals surface area contributed by atoms with Gasteiger partial charge in [-0.3, -0.25) is 5.43 Å². The van der Waals surface area contributed by atoms with Crippen molar-refractivity contribution in [2.24, 2.45) is 5.10 Å². The molecule has 2 aromatic carbocycles. The van der Waals surface area contributed by atoms with E-state index in [1.807, 2.05) is 24.3 Å². The second-order valence-electron chi connectivity index (χ2n) is 5.60. The third-order valence-corrected chi connectivity index (χ3v) is 4.71. The molecule has 8 heteroatoms. The third-order valence-electron chi connectivity index (χ3n) is 3.77. The average molecular weight is 387 g/mol. The summed E-state index contributed by atoms with van der Waals surface area (Å²) in [4.78, 5) is 4.37. The molecule has 1 N–H and O–H groups in total. The van der Waals surface area contributed by atoms with Gasteiger partial charge in [-0.2, -0.15) is 18.3 Å². The predicted octanol–water partition coefficient (Wildman–Crippen LogP) is 6.02. The van der Waals surface area contributed by atoms with E-state index < -0.39 is 11.7 Å². The lowest BCUT2D eigenvalue weighted by atomic mass is 10.1. The van der Waals surface area contributed by atoms with Crippen LogP contribution in [0.5, 0.6) is 0 Å². The fourth-order valence-electron chi connectivity index (χ4n) is 2.58. The Morgan fingerprint density at radius 1 is 1.00 bits per heavy atom. The Kier molecular flexibility index (Phi) is 4.41. The van der Waals surface area contributed by atoms with Crippen LogP contribution in [-0.2, 0) is 6.18 Å². The Hall–Kier alpha value is -3.13. The highest BCUT2D eigenvalue weighted by atomic mass is 32.1. The van der Waals surface area contributed by atoms with Gasteiger partial charge >= 0.3 is 6.18 Å². The molecule has 0 saturated carbocycles. The summed E-state index contributed by atoms with van der Waals surface area (Å²) in [7, 11) is 0. The van der Waals surface area contributed by atoms with Gasteiger partial charge in [-0.1, -0.05) is 41.7 Å². The van der Waals surface area contributed by atoms with Crippen molar-refractivity contribution in [2.75, 3.05) is 5.43 Å². The van der Waals surface area contributed by atoms with Crippen molar-refractivity contribution < 1.29 is 17.6 Å². The summed E-state index contributed by atoms with van der Waals surface area (Å²) < 4.78 is 45.9. The van der Waals surface area contributed by atoms with Gasteiger partial charge in [0.2, 0.25) is 5.13 Å². The smallest absolute Gasteiger partial charge is 0.417 e. The average Bonchev–Trinajstić information content (AvgIpc) is 3.27. The largest absolute Gasteiger partial charge is 0.455 e. The molecular weight excluding hydrogens is 375 g/mol. The lowest BCUT2D eigenvalue weighted by Gasteiger charge is -2.10. The Morgan fingerprint density at radius 3 is 2.59 bits per heavy atom. The van der Waals surface area contributed by atoms with E-state index in [2.05, 4.69) is 15.5 Å². The summed E-state index contributed by atoms with van der Waals surface area (Å²) in [5, 5.41) is 4.65. The molecule has 0 saturated heterocycles. The minimum absolute atomic E-state index is 0.0104. The number of rotatable bonds is 4. The van der Waals surface area contributed by atoms with Crippen molar-refractivity contribution in [2.45, 2.75) is 6.18 Å². The number of para-hydroxylation sites is 1. The van der Waals surface area contributed by atoms with Crippen molar-refractivity contribution in [1.29, 1.82) is 0 Å². The standard InChI is InChI=1S/C19H12F3N3OS/c20-19(21,22)14-6-2-1-5-13(14)16-10-9-12(26-16)11-23-25-18-24-15-7-3-4-8-17(15)27-18/h1-11H,(H,24,25)/b23-11-. The van der Waals surface area contributed by atoms with Crippen molar-refractivity contribution in [3.63, 3.8) is 0 Å². The first-order chi connectivity index (χ1) is 13.0. The molecule has 4 nitrogen and oxygen atoms in total. The van der Waals surface area contributed by atoms with Gasteiger partial charge in [0.15, 0.2) is 0 Å². The van der Waals surface area contributed by atoms with Crippen molar-refractivity contribution in [3.05, 3.63) is 72.0 Å². The minimum atomic E-state index is -4.45. The van der Waals surface area contributed by atoms with Crippen LogP contribution in [0.4, 0.5) is 18.3 Å². The maximum Gasteiger partial charge on any atom is 0.417 e. The minimum Gasteiger partial charge on any atom is -0.455 e. The molecule has 2 aromatic heterocycles. The molecule has 0 aliphatic rings. The van der Waals surface area contributed by atoms with Crippen LogP contribution in [0.1, 0.15) is 11.3 Å². The number of nitrogens with one attached hydrogen (secondary N) is 1. The second kappa shape index (κ2) is 6.88. The summed E-state index contributed by atoms with van der Waals surface area (Å²) in [6.07, 6.45) is -3.06. The summed E-state index contributed by atoms with van der Waals surface area (Å²) >= 11 is 1.45. The lowest BCUT2D eigenvalue weighted by molar-refractivity contribution is -0.137. The van der Waals surface area contributed by atoms with Gasteiger partial charge in [-0.15, -0.1) is 0 Å². The molecule has 4 rings (SSSR count). The zero-order valence-electron chi connectivity index (χ0n) is 13.7. The molecule has 0 spiro atoms. The van der Waals surface area contributed by atoms with E-state index in [-0.39, 0.29) is 11.3 Å². The number of benzene rings is 2. The van der Waals surface area contributed by atoms with E-state index in [1.54, 1.807) is 6.07 Å². The Morgan fingerprint density at radius 2 is 1.78 bits per heavy atom. The summed E-state index contributed by atoms with van der Waals surface area (Å²) in [6, 6.07) is 16.0. The zero-order valence-corrected chi connectivity index (χ0v) is 14.5. The highest BCUT2D eigenvalue weighted by Gasteiger charge is 2.34. The van der Waals surface area contributed by atoms with E-state index in [0.29, 0.717) is 10.9 Å². The van der Waals surface area contributed by atoms with Crippen LogP contribution >= 0.6 is 11.3 Å². The molecule has 0 fully saturated rings. The van der Waals surface area contributed by atoms with Crippen LogP contribution in [0.3, 0.4) is 0 Å². The first kappa shape index (κ1) is 17.3. The first-order valence-corrected chi connectivity index (χ1v) is 8.73. The van der Waals surface area contributed by atoms with E-state index >= 15 is 0 Å². The molecule has 0 unspecified atom stereocenters. The molecule has 4 aromatic rings. The van der Waals surface area contributed by atoms with Gasteiger partial charge in [-0.25, -0.2) is 4.98 Å². The molecule has 0 bridgehead atoms. The third kappa shape index (κ3) is 3.70. The fraction of sp³-hybridized carbons (Fsp3) is 0.0526. The van der Waals surface area contributed by atoms with E-state index in [9.17, 15) is 13.2 Å². The number of alkyl halides is 3.